The van der Waals surface area contributed by atoms with E-state index in [9.17, 15) is 13.2 Å². The maximum Gasteiger partial charge on any atom is 0.397 e. The van der Waals surface area contributed by atoms with Gasteiger partial charge >= 0.3 is 6.18 Å². The molecule has 1 aromatic heterocycles. The summed E-state index contributed by atoms with van der Waals surface area (Å²) < 4.78 is 43.4. The second kappa shape index (κ2) is 5.00. The van der Waals surface area contributed by atoms with Crippen LogP contribution in [0.4, 0.5) is 13.2 Å². The molecule has 0 radical (unpaired) electrons. The van der Waals surface area contributed by atoms with Crippen LogP contribution in [-0.4, -0.2) is 16.7 Å². The predicted molar refractivity (Wildman–Crippen MR) is 62.4 cm³/mol. The lowest BCUT2D eigenvalue weighted by Crippen LogP contribution is -2.21. The Labute approximate surface area is 107 Å². The zero-order valence-corrected chi connectivity index (χ0v) is 11.5. The molecule has 0 aliphatic carbocycles. The van der Waals surface area contributed by atoms with Crippen LogP contribution in [0.3, 0.4) is 0 Å². The van der Waals surface area contributed by atoms with Crippen LogP contribution in [0.25, 0.3) is 0 Å². The first-order valence-electron chi connectivity index (χ1n) is 5.26. The molecule has 0 aromatic carbocycles. The van der Waals surface area contributed by atoms with Crippen molar-refractivity contribution in [2.24, 2.45) is 0 Å². The Balaban J connectivity index is 3.01. The molecule has 2 nitrogen and oxygen atoms in total. The summed E-state index contributed by atoms with van der Waals surface area (Å²) in [4.78, 5) is 0. The summed E-state index contributed by atoms with van der Waals surface area (Å²) in [6.45, 7) is 5.60. The molecule has 6 heteroatoms. The van der Waals surface area contributed by atoms with Crippen LogP contribution in [0.2, 0.25) is 0 Å². The fourth-order valence-corrected chi connectivity index (χ4v) is 1.85. The highest BCUT2D eigenvalue weighted by atomic mass is 79.9. The summed E-state index contributed by atoms with van der Waals surface area (Å²) in [6, 6.07) is 1.40. The molecule has 1 rings (SSSR count). The van der Waals surface area contributed by atoms with Crippen molar-refractivity contribution < 1.29 is 17.7 Å². The van der Waals surface area contributed by atoms with E-state index in [0.29, 0.717) is 5.76 Å². The lowest BCUT2D eigenvalue weighted by molar-refractivity contribution is -0.151. The maximum absolute atomic E-state index is 12.8. The van der Waals surface area contributed by atoms with Gasteiger partial charge in [-0.05, 0) is 6.42 Å². The van der Waals surface area contributed by atoms with Crippen molar-refractivity contribution in [3.8, 4) is 0 Å². The van der Waals surface area contributed by atoms with Gasteiger partial charge < -0.3 is 4.52 Å². The van der Waals surface area contributed by atoms with Crippen LogP contribution in [0, 0.1) is 0 Å². The van der Waals surface area contributed by atoms with Crippen molar-refractivity contribution in [1.29, 1.82) is 0 Å². The molecule has 0 fully saturated rings. The SMILES string of the molecule is CC(C)(C)c1cc(C(CCBr)C(F)(F)F)no1. The molecule has 0 amide bonds. The van der Waals surface area contributed by atoms with Gasteiger partial charge in [-0.1, -0.05) is 41.9 Å². The van der Waals surface area contributed by atoms with Crippen molar-refractivity contribution in [2.75, 3.05) is 5.33 Å². The van der Waals surface area contributed by atoms with Gasteiger partial charge in [0.05, 0.1) is 5.69 Å². The third kappa shape index (κ3) is 3.72. The van der Waals surface area contributed by atoms with E-state index >= 15 is 0 Å². The van der Waals surface area contributed by atoms with E-state index in [1.54, 1.807) is 0 Å². The first kappa shape index (κ1) is 14.5. The highest BCUT2D eigenvalue weighted by Crippen LogP contribution is 2.38. The number of alkyl halides is 4. The monoisotopic (exact) mass is 313 g/mol. The van der Waals surface area contributed by atoms with E-state index < -0.39 is 12.1 Å². The zero-order chi connectivity index (χ0) is 13.3. The number of hydrogen-bond donors (Lipinski definition) is 0. The normalized spacial score (nSPS) is 15.0. The largest absolute Gasteiger partial charge is 0.397 e. The lowest BCUT2D eigenvalue weighted by atomic mass is 9.91. The highest BCUT2D eigenvalue weighted by Gasteiger charge is 2.42. The second-order valence-corrected chi connectivity index (χ2v) is 5.73. The van der Waals surface area contributed by atoms with Crippen LogP contribution < -0.4 is 0 Å². The minimum Gasteiger partial charge on any atom is -0.361 e. The molecule has 0 saturated heterocycles. The smallest absolute Gasteiger partial charge is 0.361 e. The quantitative estimate of drug-likeness (QED) is 0.773. The summed E-state index contributed by atoms with van der Waals surface area (Å²) in [5, 5.41) is 3.82. The van der Waals surface area contributed by atoms with E-state index in [1.165, 1.54) is 6.07 Å². The Kier molecular flexibility index (Phi) is 4.28. The number of aromatic nitrogens is 1. The van der Waals surface area contributed by atoms with Crippen molar-refractivity contribution in [1.82, 2.24) is 5.16 Å². The number of rotatable bonds is 3. The zero-order valence-electron chi connectivity index (χ0n) is 9.94. The van der Waals surface area contributed by atoms with Gasteiger partial charge in [-0.3, -0.25) is 0 Å². The fraction of sp³-hybridized carbons (Fsp3) is 0.727. The molecule has 0 bridgehead atoms. The highest BCUT2D eigenvalue weighted by molar-refractivity contribution is 9.09. The van der Waals surface area contributed by atoms with E-state index in [4.69, 9.17) is 4.52 Å². The minimum atomic E-state index is -4.29. The van der Waals surface area contributed by atoms with Crippen molar-refractivity contribution in [2.45, 2.75) is 44.7 Å². The van der Waals surface area contributed by atoms with Gasteiger partial charge in [0.2, 0.25) is 0 Å². The van der Waals surface area contributed by atoms with Crippen molar-refractivity contribution in [3.63, 3.8) is 0 Å². The van der Waals surface area contributed by atoms with Crippen LogP contribution in [0.5, 0.6) is 0 Å². The Morgan fingerprint density at radius 2 is 1.94 bits per heavy atom. The average molecular weight is 314 g/mol. The van der Waals surface area contributed by atoms with Gasteiger partial charge in [0.1, 0.15) is 11.7 Å². The Morgan fingerprint density at radius 1 is 1.35 bits per heavy atom. The molecule has 1 aromatic rings. The number of halogens is 4. The predicted octanol–water partition coefficient (Wildman–Crippen LogP) is 4.40. The molecule has 0 N–H and O–H groups in total. The van der Waals surface area contributed by atoms with E-state index in [0.717, 1.165) is 0 Å². The molecule has 1 unspecified atom stereocenters. The van der Waals surface area contributed by atoms with Crippen molar-refractivity contribution >= 4 is 15.9 Å². The average Bonchev–Trinajstić information content (AvgIpc) is 2.59. The Morgan fingerprint density at radius 3 is 2.29 bits per heavy atom. The molecule has 98 valence electrons. The maximum atomic E-state index is 12.8. The third-order valence-electron chi connectivity index (χ3n) is 2.42. The molecule has 0 aliphatic heterocycles. The van der Waals surface area contributed by atoms with Crippen LogP contribution in [0.1, 0.15) is 44.6 Å². The summed E-state index contributed by atoms with van der Waals surface area (Å²) >= 11 is 3.03. The topological polar surface area (TPSA) is 26.0 Å². The van der Waals surface area contributed by atoms with E-state index in [2.05, 4.69) is 21.1 Å². The second-order valence-electron chi connectivity index (χ2n) is 4.94. The summed E-state index contributed by atoms with van der Waals surface area (Å²) in [5.41, 5.74) is -0.377. The Hall–Kier alpha value is -0.520. The van der Waals surface area contributed by atoms with E-state index in [-0.39, 0.29) is 22.9 Å². The van der Waals surface area contributed by atoms with Crippen LogP contribution >= 0.6 is 15.9 Å². The first-order valence-corrected chi connectivity index (χ1v) is 6.38. The molecule has 17 heavy (non-hydrogen) atoms. The van der Waals surface area contributed by atoms with Crippen LogP contribution in [-0.2, 0) is 5.41 Å². The summed E-state index contributed by atoms with van der Waals surface area (Å²) in [6.07, 6.45) is -4.33. The molecule has 1 atom stereocenters. The van der Waals surface area contributed by atoms with Gasteiger partial charge in [-0.15, -0.1) is 0 Å². The van der Waals surface area contributed by atoms with Crippen molar-refractivity contribution in [3.05, 3.63) is 17.5 Å². The summed E-state index contributed by atoms with van der Waals surface area (Å²) in [5.74, 6) is -1.10. The molecule has 0 spiro atoms. The van der Waals surface area contributed by atoms with Gasteiger partial charge in [0, 0.05) is 16.8 Å². The lowest BCUT2D eigenvalue weighted by Gasteiger charge is -2.16. The molecular weight excluding hydrogens is 299 g/mol. The molecule has 1 heterocycles. The summed E-state index contributed by atoms with van der Waals surface area (Å²) in [7, 11) is 0. The first-order chi connectivity index (χ1) is 7.66. The standard InChI is InChI=1S/C11H15BrF3NO/c1-10(2,3)9-6-8(16-17-9)7(4-5-12)11(13,14)15/h6-7H,4-5H2,1-3H3. The Bertz CT molecular complexity index is 368. The molecule has 0 saturated carbocycles. The van der Waals surface area contributed by atoms with Crippen LogP contribution in [0.15, 0.2) is 10.6 Å². The number of hydrogen-bond acceptors (Lipinski definition) is 2. The van der Waals surface area contributed by atoms with Gasteiger partial charge in [-0.25, -0.2) is 0 Å². The molecular formula is C11H15BrF3NO. The third-order valence-corrected chi connectivity index (χ3v) is 2.88. The fourth-order valence-electron chi connectivity index (χ4n) is 1.39. The minimum absolute atomic E-state index is 0.0399. The van der Waals surface area contributed by atoms with E-state index in [1.807, 2.05) is 20.8 Å². The van der Waals surface area contributed by atoms with Gasteiger partial charge in [0.25, 0.3) is 0 Å². The van der Waals surface area contributed by atoms with Gasteiger partial charge in [-0.2, -0.15) is 13.2 Å². The number of nitrogens with zero attached hydrogens (tertiary/aromatic N) is 1. The molecule has 0 aliphatic rings. The van der Waals surface area contributed by atoms with Gasteiger partial charge in [0.15, 0.2) is 0 Å².